The smallest absolute Gasteiger partial charge is 0.211 e. The lowest BCUT2D eigenvalue weighted by Crippen LogP contribution is -2.32. The van der Waals surface area contributed by atoms with E-state index in [9.17, 15) is 21.2 Å². The molecule has 0 aliphatic rings. The Kier molecular flexibility index (Phi) is 4.85. The molecule has 1 aromatic carbocycles. The topological polar surface area (TPSA) is 80.3 Å². The average Bonchev–Trinajstić information content (AvgIpc) is 2.24. The maximum absolute atomic E-state index is 13.8. The van der Waals surface area contributed by atoms with Gasteiger partial charge in [-0.05, 0) is 23.6 Å². The number of sulfonamides is 1. The van der Waals surface area contributed by atoms with Gasteiger partial charge in [-0.15, -0.1) is 0 Å². The van der Waals surface area contributed by atoms with Crippen LogP contribution in [0.25, 0.3) is 0 Å². The van der Waals surface area contributed by atoms with Crippen molar-refractivity contribution >= 4 is 29.8 Å². The zero-order valence-corrected chi connectivity index (χ0v) is 13.5. The molecule has 0 heterocycles. The van der Waals surface area contributed by atoms with Crippen molar-refractivity contribution in [3.05, 3.63) is 24.0 Å². The zero-order valence-electron chi connectivity index (χ0n) is 11.1. The van der Waals surface area contributed by atoms with Crippen LogP contribution in [0.15, 0.2) is 28.0 Å². The SMILES string of the molecule is CC(C)(C)CNS(=O)(=O)c1ccc(S(=O)(=O)Cl)cc1F. The van der Waals surface area contributed by atoms with Crippen LogP contribution in [0, 0.1) is 11.2 Å². The number of hydrogen-bond donors (Lipinski definition) is 1. The van der Waals surface area contributed by atoms with Gasteiger partial charge >= 0.3 is 0 Å². The zero-order chi connectivity index (χ0) is 15.8. The van der Waals surface area contributed by atoms with Crippen molar-refractivity contribution in [2.24, 2.45) is 5.41 Å². The van der Waals surface area contributed by atoms with Crippen molar-refractivity contribution in [1.29, 1.82) is 0 Å². The Hall–Kier alpha value is -0.700. The first-order valence-corrected chi connectivity index (χ1v) is 9.36. The highest BCUT2D eigenvalue weighted by atomic mass is 35.7. The summed E-state index contributed by atoms with van der Waals surface area (Å²) in [6.45, 7) is 5.56. The van der Waals surface area contributed by atoms with Crippen LogP contribution in [-0.2, 0) is 19.1 Å². The van der Waals surface area contributed by atoms with Gasteiger partial charge in [-0.1, -0.05) is 20.8 Å². The van der Waals surface area contributed by atoms with Crippen LogP contribution in [0.3, 0.4) is 0 Å². The second kappa shape index (κ2) is 5.59. The summed E-state index contributed by atoms with van der Waals surface area (Å²) in [5.41, 5.74) is -0.317. The van der Waals surface area contributed by atoms with Crippen molar-refractivity contribution in [2.75, 3.05) is 6.54 Å². The van der Waals surface area contributed by atoms with E-state index in [1.54, 1.807) is 0 Å². The van der Waals surface area contributed by atoms with E-state index in [4.69, 9.17) is 10.7 Å². The molecule has 0 aliphatic heterocycles. The second-order valence-corrected chi connectivity index (χ2v) is 9.72. The molecule has 0 bridgehead atoms. The molecule has 0 radical (unpaired) electrons. The first kappa shape index (κ1) is 17.4. The molecule has 0 spiro atoms. The van der Waals surface area contributed by atoms with Gasteiger partial charge in [0, 0.05) is 17.2 Å². The van der Waals surface area contributed by atoms with Crippen LogP contribution in [0.1, 0.15) is 20.8 Å². The van der Waals surface area contributed by atoms with E-state index >= 15 is 0 Å². The molecule has 0 aliphatic carbocycles. The molecule has 0 saturated carbocycles. The molecule has 0 saturated heterocycles. The van der Waals surface area contributed by atoms with Gasteiger partial charge in [-0.2, -0.15) is 0 Å². The van der Waals surface area contributed by atoms with Gasteiger partial charge in [-0.3, -0.25) is 0 Å². The van der Waals surface area contributed by atoms with Gasteiger partial charge < -0.3 is 0 Å². The molecule has 20 heavy (non-hydrogen) atoms. The van der Waals surface area contributed by atoms with Crippen LogP contribution in [0.4, 0.5) is 4.39 Å². The number of nitrogens with one attached hydrogen (secondary N) is 1. The van der Waals surface area contributed by atoms with Crippen molar-refractivity contribution in [3.63, 3.8) is 0 Å². The number of halogens is 2. The Labute approximate surface area is 122 Å². The Morgan fingerprint density at radius 1 is 1.20 bits per heavy atom. The van der Waals surface area contributed by atoms with E-state index in [-0.39, 0.29) is 12.0 Å². The number of benzene rings is 1. The van der Waals surface area contributed by atoms with E-state index < -0.39 is 34.7 Å². The van der Waals surface area contributed by atoms with Gasteiger partial charge in [0.2, 0.25) is 10.0 Å². The molecule has 114 valence electrons. The quantitative estimate of drug-likeness (QED) is 0.849. The van der Waals surface area contributed by atoms with Gasteiger partial charge in [0.05, 0.1) is 4.90 Å². The summed E-state index contributed by atoms with van der Waals surface area (Å²) in [6.07, 6.45) is 0. The van der Waals surface area contributed by atoms with Gasteiger partial charge in [0.25, 0.3) is 9.05 Å². The molecule has 5 nitrogen and oxygen atoms in total. The minimum Gasteiger partial charge on any atom is -0.211 e. The van der Waals surface area contributed by atoms with Crippen LogP contribution < -0.4 is 4.72 Å². The minimum absolute atomic E-state index is 0.115. The van der Waals surface area contributed by atoms with Gasteiger partial charge in [0.15, 0.2) is 0 Å². The predicted octanol–water partition coefficient (Wildman–Crippen LogP) is 2.08. The summed E-state index contributed by atoms with van der Waals surface area (Å²) in [6, 6.07) is 2.39. The van der Waals surface area contributed by atoms with E-state index in [0.29, 0.717) is 6.07 Å². The Morgan fingerprint density at radius 3 is 2.15 bits per heavy atom. The Bertz CT molecular complexity index is 708. The van der Waals surface area contributed by atoms with Crippen LogP contribution in [0.5, 0.6) is 0 Å². The van der Waals surface area contributed by atoms with Crippen LogP contribution >= 0.6 is 10.7 Å². The lowest BCUT2D eigenvalue weighted by Gasteiger charge is -2.18. The van der Waals surface area contributed by atoms with Crippen molar-refractivity contribution in [2.45, 2.75) is 30.6 Å². The highest BCUT2D eigenvalue weighted by molar-refractivity contribution is 8.13. The first-order valence-electron chi connectivity index (χ1n) is 5.57. The van der Waals surface area contributed by atoms with Crippen molar-refractivity contribution in [3.8, 4) is 0 Å². The molecule has 1 rings (SSSR count). The molecular weight excluding hydrogens is 329 g/mol. The molecule has 1 aromatic rings. The number of rotatable bonds is 4. The predicted molar refractivity (Wildman–Crippen MR) is 74.1 cm³/mol. The third kappa shape index (κ3) is 4.69. The normalized spacial score (nSPS) is 13.4. The van der Waals surface area contributed by atoms with Crippen LogP contribution in [0.2, 0.25) is 0 Å². The fraction of sp³-hybridized carbons (Fsp3) is 0.455. The number of hydrogen-bond acceptors (Lipinski definition) is 4. The molecular formula is C11H15ClFNO4S2. The Morgan fingerprint density at radius 2 is 1.75 bits per heavy atom. The lowest BCUT2D eigenvalue weighted by molar-refractivity contribution is 0.407. The van der Waals surface area contributed by atoms with Gasteiger partial charge in [0.1, 0.15) is 10.7 Å². The summed E-state index contributed by atoms with van der Waals surface area (Å²) >= 11 is 0. The monoisotopic (exact) mass is 343 g/mol. The third-order valence-electron chi connectivity index (χ3n) is 2.27. The average molecular weight is 344 g/mol. The summed E-state index contributed by atoms with van der Waals surface area (Å²) in [5, 5.41) is 0. The Balaban J connectivity index is 3.15. The van der Waals surface area contributed by atoms with Crippen LogP contribution in [-0.4, -0.2) is 23.4 Å². The largest absolute Gasteiger partial charge is 0.261 e. The molecule has 0 amide bonds. The van der Waals surface area contributed by atoms with E-state index in [1.807, 2.05) is 20.8 Å². The highest BCUT2D eigenvalue weighted by Crippen LogP contribution is 2.22. The van der Waals surface area contributed by atoms with E-state index in [1.165, 1.54) is 0 Å². The van der Waals surface area contributed by atoms with E-state index in [0.717, 1.165) is 12.1 Å². The fourth-order valence-electron chi connectivity index (χ4n) is 1.24. The molecule has 0 atom stereocenters. The molecule has 0 aromatic heterocycles. The molecule has 9 heteroatoms. The third-order valence-corrected chi connectivity index (χ3v) is 5.05. The van der Waals surface area contributed by atoms with E-state index in [2.05, 4.69) is 4.72 Å². The first-order chi connectivity index (χ1) is 8.83. The summed E-state index contributed by atoms with van der Waals surface area (Å²) in [7, 11) is -3.10. The molecule has 1 N–H and O–H groups in total. The van der Waals surface area contributed by atoms with Crippen molar-refractivity contribution in [1.82, 2.24) is 4.72 Å². The van der Waals surface area contributed by atoms with Gasteiger partial charge in [-0.25, -0.2) is 25.9 Å². The summed E-state index contributed by atoms with van der Waals surface area (Å²) in [5.74, 6) is -1.17. The summed E-state index contributed by atoms with van der Waals surface area (Å²) in [4.78, 5) is -1.11. The minimum atomic E-state index is -4.11. The second-order valence-electron chi connectivity index (χ2n) is 5.42. The van der Waals surface area contributed by atoms with Crippen molar-refractivity contribution < 1.29 is 21.2 Å². The highest BCUT2D eigenvalue weighted by Gasteiger charge is 2.23. The molecule has 0 unspecified atom stereocenters. The molecule has 0 fully saturated rings. The fourth-order valence-corrected chi connectivity index (χ4v) is 3.34. The maximum atomic E-state index is 13.8. The maximum Gasteiger partial charge on any atom is 0.261 e. The summed E-state index contributed by atoms with van der Waals surface area (Å²) < 4.78 is 61.9. The lowest BCUT2D eigenvalue weighted by atomic mass is 9.98. The standard InChI is InChI=1S/C11H15ClFNO4S2/c1-11(2,3)7-14-20(17,18)10-5-4-8(6-9(10)13)19(12,15)16/h4-6,14H,7H2,1-3H3.